The average molecular weight is 360 g/mol. The zero-order valence-electron chi connectivity index (χ0n) is 15.5. The van der Waals surface area contributed by atoms with Gasteiger partial charge >= 0.3 is 6.61 Å². The molecule has 1 fully saturated rings. The molecule has 142 valence electrons. The summed E-state index contributed by atoms with van der Waals surface area (Å²) in [6.45, 7) is 1.07. The van der Waals surface area contributed by atoms with Crippen LogP contribution in [0.2, 0.25) is 0 Å². The van der Waals surface area contributed by atoms with Gasteiger partial charge in [-0.25, -0.2) is 0 Å². The van der Waals surface area contributed by atoms with E-state index in [1.165, 1.54) is 44.1 Å². The van der Waals surface area contributed by atoms with Gasteiger partial charge in [-0.2, -0.15) is 8.78 Å². The molecule has 0 radical (unpaired) electrons. The van der Waals surface area contributed by atoms with Crippen molar-refractivity contribution in [2.24, 2.45) is 17.8 Å². The summed E-state index contributed by atoms with van der Waals surface area (Å²) in [6, 6.07) is 7.07. The Morgan fingerprint density at radius 3 is 2.35 bits per heavy atom. The molecular formula is C23H30F2O. The number of rotatable bonds is 7. The lowest BCUT2D eigenvalue weighted by molar-refractivity contribution is -0.0498. The van der Waals surface area contributed by atoms with Crippen LogP contribution in [-0.2, 0) is 0 Å². The van der Waals surface area contributed by atoms with Crippen LogP contribution in [0.5, 0.6) is 5.75 Å². The number of alkyl halides is 2. The van der Waals surface area contributed by atoms with Gasteiger partial charge in [0.1, 0.15) is 5.75 Å². The predicted octanol–water partition coefficient (Wildman–Crippen LogP) is 7.24. The molecule has 2 aliphatic rings. The monoisotopic (exact) mass is 360 g/mol. The van der Waals surface area contributed by atoms with Gasteiger partial charge in [-0.1, -0.05) is 37.1 Å². The van der Waals surface area contributed by atoms with Gasteiger partial charge < -0.3 is 4.74 Å². The maximum atomic E-state index is 12.2. The summed E-state index contributed by atoms with van der Waals surface area (Å²) in [5.41, 5.74) is 2.49. The smallest absolute Gasteiger partial charge is 0.387 e. The van der Waals surface area contributed by atoms with Gasteiger partial charge in [0.25, 0.3) is 0 Å². The van der Waals surface area contributed by atoms with Crippen molar-refractivity contribution in [3.8, 4) is 5.75 Å². The molecule has 3 rings (SSSR count). The predicted molar refractivity (Wildman–Crippen MR) is 103 cm³/mol. The Balaban J connectivity index is 1.50. The average Bonchev–Trinajstić information content (AvgIpc) is 2.67. The van der Waals surface area contributed by atoms with Crippen molar-refractivity contribution >= 4 is 5.57 Å². The molecule has 1 nitrogen and oxygen atoms in total. The highest BCUT2D eigenvalue weighted by molar-refractivity contribution is 5.66. The molecule has 2 aliphatic carbocycles. The Labute approximate surface area is 156 Å². The molecule has 1 aromatic carbocycles. The number of halogens is 2. The van der Waals surface area contributed by atoms with Crippen molar-refractivity contribution in [3.63, 3.8) is 0 Å². The molecule has 1 saturated carbocycles. The molecule has 0 heterocycles. The molecule has 0 aliphatic heterocycles. The van der Waals surface area contributed by atoms with Crippen LogP contribution in [0.15, 0.2) is 43.0 Å². The SMILES string of the molecule is C=CCCC1CCC(C2CC=C(c3ccc(OC(F)F)cc3)CC2)CC1. The van der Waals surface area contributed by atoms with Crippen LogP contribution < -0.4 is 4.74 Å². The van der Waals surface area contributed by atoms with Crippen molar-refractivity contribution in [1.82, 2.24) is 0 Å². The number of benzene rings is 1. The van der Waals surface area contributed by atoms with E-state index in [0.717, 1.165) is 42.6 Å². The number of hydrogen-bond donors (Lipinski definition) is 0. The van der Waals surface area contributed by atoms with E-state index in [9.17, 15) is 8.78 Å². The second-order valence-corrected chi connectivity index (χ2v) is 7.81. The highest BCUT2D eigenvalue weighted by Gasteiger charge is 2.28. The Kier molecular flexibility index (Phi) is 6.87. The molecule has 1 atom stereocenters. The molecule has 1 unspecified atom stereocenters. The van der Waals surface area contributed by atoms with Crippen molar-refractivity contribution in [1.29, 1.82) is 0 Å². The first-order valence-corrected chi connectivity index (χ1v) is 10.0. The van der Waals surface area contributed by atoms with Crippen molar-refractivity contribution < 1.29 is 13.5 Å². The summed E-state index contributed by atoms with van der Waals surface area (Å²) in [6.07, 6.45) is 15.9. The standard InChI is InChI=1S/C23H30F2O/c1-2-3-4-17-5-7-18(8-6-17)19-9-11-20(12-10-19)21-13-15-22(16-14-21)26-23(24)25/h2,11,13-19,23H,1,3-10,12H2. The number of hydrogen-bond acceptors (Lipinski definition) is 1. The van der Waals surface area contributed by atoms with Gasteiger partial charge in [0.15, 0.2) is 0 Å². The molecule has 3 heteroatoms. The first kappa shape index (κ1) is 19.1. The summed E-state index contributed by atoms with van der Waals surface area (Å²) in [5, 5.41) is 0. The lowest BCUT2D eigenvalue weighted by Gasteiger charge is -2.35. The van der Waals surface area contributed by atoms with Crippen LogP contribution in [0.25, 0.3) is 5.57 Å². The Morgan fingerprint density at radius 2 is 1.77 bits per heavy atom. The molecule has 0 aromatic heterocycles. The fourth-order valence-corrected chi connectivity index (χ4v) is 4.70. The molecule has 26 heavy (non-hydrogen) atoms. The maximum absolute atomic E-state index is 12.2. The Hall–Kier alpha value is -1.64. The molecule has 0 bridgehead atoms. The van der Waals surface area contributed by atoms with Crippen LogP contribution >= 0.6 is 0 Å². The van der Waals surface area contributed by atoms with Gasteiger partial charge in [0, 0.05) is 0 Å². The third-order valence-corrected chi connectivity index (χ3v) is 6.24. The molecule has 1 aromatic rings. The molecule has 0 N–H and O–H groups in total. The summed E-state index contributed by atoms with van der Waals surface area (Å²) in [7, 11) is 0. The Morgan fingerprint density at radius 1 is 1.04 bits per heavy atom. The molecule has 0 saturated heterocycles. The third-order valence-electron chi connectivity index (χ3n) is 6.24. The van der Waals surface area contributed by atoms with Gasteiger partial charge in [-0.05, 0) is 86.0 Å². The minimum atomic E-state index is -2.76. The lowest BCUT2D eigenvalue weighted by atomic mass is 9.70. The highest BCUT2D eigenvalue weighted by atomic mass is 19.3. The second-order valence-electron chi connectivity index (χ2n) is 7.81. The van der Waals surface area contributed by atoms with Crippen LogP contribution in [0.3, 0.4) is 0 Å². The topological polar surface area (TPSA) is 9.23 Å². The molecular weight excluding hydrogens is 330 g/mol. The normalized spacial score (nSPS) is 26.4. The largest absolute Gasteiger partial charge is 0.435 e. The minimum Gasteiger partial charge on any atom is -0.435 e. The quantitative estimate of drug-likeness (QED) is 0.465. The van der Waals surface area contributed by atoms with Crippen molar-refractivity contribution in [2.45, 2.75) is 64.4 Å². The van der Waals surface area contributed by atoms with Crippen LogP contribution in [0.1, 0.15) is 63.4 Å². The molecule has 0 spiro atoms. The fourth-order valence-electron chi connectivity index (χ4n) is 4.70. The zero-order valence-corrected chi connectivity index (χ0v) is 15.5. The van der Waals surface area contributed by atoms with E-state index >= 15 is 0 Å². The van der Waals surface area contributed by atoms with E-state index in [2.05, 4.69) is 17.4 Å². The second kappa shape index (κ2) is 9.34. The molecule has 0 amide bonds. The zero-order chi connectivity index (χ0) is 18.4. The van der Waals surface area contributed by atoms with Gasteiger partial charge in [0.2, 0.25) is 0 Å². The number of ether oxygens (including phenoxy) is 1. The van der Waals surface area contributed by atoms with Crippen LogP contribution in [-0.4, -0.2) is 6.61 Å². The van der Waals surface area contributed by atoms with Gasteiger partial charge in [-0.15, -0.1) is 6.58 Å². The van der Waals surface area contributed by atoms with Crippen LogP contribution in [0.4, 0.5) is 8.78 Å². The van der Waals surface area contributed by atoms with E-state index in [-0.39, 0.29) is 5.75 Å². The minimum absolute atomic E-state index is 0.228. The first-order valence-electron chi connectivity index (χ1n) is 10.0. The maximum Gasteiger partial charge on any atom is 0.387 e. The fraction of sp³-hybridized carbons (Fsp3) is 0.565. The summed E-state index contributed by atoms with van der Waals surface area (Å²) in [5.74, 6) is 2.84. The van der Waals surface area contributed by atoms with E-state index in [0.29, 0.717) is 0 Å². The summed E-state index contributed by atoms with van der Waals surface area (Å²) < 4.78 is 28.9. The van der Waals surface area contributed by atoms with E-state index < -0.39 is 6.61 Å². The van der Waals surface area contributed by atoms with Crippen molar-refractivity contribution in [3.05, 3.63) is 48.6 Å². The van der Waals surface area contributed by atoms with E-state index in [4.69, 9.17) is 0 Å². The van der Waals surface area contributed by atoms with Crippen LogP contribution in [0, 0.1) is 17.8 Å². The third kappa shape index (κ3) is 5.18. The van der Waals surface area contributed by atoms with Gasteiger partial charge in [0.05, 0.1) is 0 Å². The lowest BCUT2D eigenvalue weighted by Crippen LogP contribution is -2.23. The van der Waals surface area contributed by atoms with E-state index in [1.807, 2.05) is 18.2 Å². The number of allylic oxidation sites excluding steroid dienone is 3. The highest BCUT2D eigenvalue weighted by Crippen LogP contribution is 2.42. The summed E-state index contributed by atoms with van der Waals surface area (Å²) >= 11 is 0. The summed E-state index contributed by atoms with van der Waals surface area (Å²) in [4.78, 5) is 0. The van der Waals surface area contributed by atoms with E-state index in [1.54, 1.807) is 12.1 Å². The first-order chi connectivity index (χ1) is 12.7. The Bertz CT molecular complexity index is 597. The van der Waals surface area contributed by atoms with Gasteiger partial charge in [-0.3, -0.25) is 0 Å². The van der Waals surface area contributed by atoms with Crippen molar-refractivity contribution in [2.75, 3.05) is 0 Å².